The van der Waals surface area contributed by atoms with Crippen LogP contribution in [0.3, 0.4) is 0 Å². The third kappa shape index (κ3) is 3.15. The Morgan fingerprint density at radius 3 is 2.74 bits per heavy atom. The Kier molecular flexibility index (Phi) is 4.24. The van der Waals surface area contributed by atoms with E-state index in [2.05, 4.69) is 23.0 Å². The molecule has 5 heteroatoms. The Balaban J connectivity index is 1.92. The van der Waals surface area contributed by atoms with Crippen LogP contribution in [0.25, 0.3) is 0 Å². The number of piperidine rings is 1. The van der Waals surface area contributed by atoms with Gasteiger partial charge in [-0.3, -0.25) is 14.4 Å². The average molecular weight is 265 g/mol. The molecule has 1 saturated heterocycles. The first kappa shape index (κ1) is 14.1. The third-order valence-electron chi connectivity index (χ3n) is 4.10. The number of carboxylic acids is 1. The lowest BCUT2D eigenvalue weighted by Gasteiger charge is -2.36. The maximum Gasteiger partial charge on any atom is 0.309 e. The zero-order valence-corrected chi connectivity index (χ0v) is 11.8. The minimum Gasteiger partial charge on any atom is -0.481 e. The molecule has 0 aromatic carbocycles. The van der Waals surface area contributed by atoms with Gasteiger partial charge in [-0.05, 0) is 45.3 Å². The van der Waals surface area contributed by atoms with Gasteiger partial charge in [-0.15, -0.1) is 0 Å². The topological polar surface area (TPSA) is 58.4 Å². The van der Waals surface area contributed by atoms with Gasteiger partial charge in [0, 0.05) is 19.3 Å². The number of hydrogen-bond donors (Lipinski definition) is 1. The second-order valence-corrected chi connectivity index (χ2v) is 5.69. The lowest BCUT2D eigenvalue weighted by atomic mass is 9.80. The number of carbonyl (C=O) groups is 1. The van der Waals surface area contributed by atoms with E-state index in [-0.39, 0.29) is 0 Å². The molecule has 2 heterocycles. The number of carboxylic acid groups (broad SMARTS) is 1. The first-order chi connectivity index (χ1) is 9.05. The smallest absolute Gasteiger partial charge is 0.309 e. The maximum absolute atomic E-state index is 11.2. The summed E-state index contributed by atoms with van der Waals surface area (Å²) in [6, 6.07) is 2.06. The molecule has 1 aromatic heterocycles. The molecule has 1 aromatic rings. The summed E-state index contributed by atoms with van der Waals surface area (Å²) in [5, 5.41) is 13.5. The lowest BCUT2D eigenvalue weighted by molar-refractivity contribution is -0.150. The normalized spacial score (nSPS) is 19.5. The highest BCUT2D eigenvalue weighted by molar-refractivity contribution is 5.74. The number of nitrogens with zero attached hydrogens (tertiary/aromatic N) is 3. The van der Waals surface area contributed by atoms with E-state index in [1.807, 2.05) is 17.8 Å². The minimum atomic E-state index is -0.664. The Bertz CT molecular complexity index is 434. The summed E-state index contributed by atoms with van der Waals surface area (Å²) in [6.45, 7) is 7.51. The highest BCUT2D eigenvalue weighted by Crippen LogP contribution is 2.31. The van der Waals surface area contributed by atoms with E-state index < -0.39 is 11.4 Å². The summed E-state index contributed by atoms with van der Waals surface area (Å²) in [7, 11) is 0. The van der Waals surface area contributed by atoms with E-state index in [4.69, 9.17) is 0 Å². The van der Waals surface area contributed by atoms with Gasteiger partial charge in [-0.2, -0.15) is 5.10 Å². The van der Waals surface area contributed by atoms with Crippen molar-refractivity contribution in [2.24, 2.45) is 5.41 Å². The molecular formula is C14H23N3O2. The molecule has 0 saturated carbocycles. The van der Waals surface area contributed by atoms with Crippen molar-refractivity contribution >= 4 is 5.97 Å². The maximum atomic E-state index is 11.2. The fourth-order valence-electron chi connectivity index (χ4n) is 2.56. The first-order valence-electron chi connectivity index (χ1n) is 7.01. The monoisotopic (exact) mass is 265 g/mol. The Morgan fingerprint density at radius 2 is 2.16 bits per heavy atom. The molecule has 0 atom stereocenters. The van der Waals surface area contributed by atoms with Crippen LogP contribution in [-0.2, 0) is 17.9 Å². The molecule has 1 fully saturated rings. The molecule has 1 aliphatic heterocycles. The van der Waals surface area contributed by atoms with Gasteiger partial charge >= 0.3 is 5.97 Å². The van der Waals surface area contributed by atoms with Crippen LogP contribution in [0, 0.1) is 5.41 Å². The SMILES string of the molecule is CCCn1nccc1CN1CCC(C)(C(=O)O)CC1. The van der Waals surface area contributed by atoms with E-state index >= 15 is 0 Å². The predicted octanol–water partition coefficient (Wildman–Crippen LogP) is 1.98. The van der Waals surface area contributed by atoms with Crippen LogP contribution in [0.15, 0.2) is 12.3 Å². The van der Waals surface area contributed by atoms with Crippen molar-refractivity contribution in [1.82, 2.24) is 14.7 Å². The quantitative estimate of drug-likeness (QED) is 0.884. The van der Waals surface area contributed by atoms with Crippen molar-refractivity contribution < 1.29 is 9.90 Å². The molecular weight excluding hydrogens is 242 g/mol. The highest BCUT2D eigenvalue weighted by Gasteiger charge is 2.36. The molecule has 0 spiro atoms. The number of aryl methyl sites for hydroxylation is 1. The molecule has 5 nitrogen and oxygen atoms in total. The second-order valence-electron chi connectivity index (χ2n) is 5.69. The largest absolute Gasteiger partial charge is 0.481 e. The van der Waals surface area contributed by atoms with Crippen LogP contribution < -0.4 is 0 Å². The van der Waals surface area contributed by atoms with Gasteiger partial charge in [0.15, 0.2) is 0 Å². The Labute approximate surface area is 114 Å². The summed E-state index contributed by atoms with van der Waals surface area (Å²) in [6.07, 6.45) is 4.37. The van der Waals surface area contributed by atoms with Crippen LogP contribution in [0.2, 0.25) is 0 Å². The Hall–Kier alpha value is -1.36. The van der Waals surface area contributed by atoms with Crippen molar-refractivity contribution in [3.8, 4) is 0 Å². The number of hydrogen-bond acceptors (Lipinski definition) is 3. The van der Waals surface area contributed by atoms with Gasteiger partial charge in [0.2, 0.25) is 0 Å². The van der Waals surface area contributed by atoms with E-state index in [1.165, 1.54) is 5.69 Å². The second kappa shape index (κ2) is 5.74. The molecule has 0 aliphatic carbocycles. The van der Waals surface area contributed by atoms with Gasteiger partial charge in [0.25, 0.3) is 0 Å². The summed E-state index contributed by atoms with van der Waals surface area (Å²) < 4.78 is 2.05. The van der Waals surface area contributed by atoms with Crippen LogP contribution in [0.1, 0.15) is 38.8 Å². The van der Waals surface area contributed by atoms with Crippen molar-refractivity contribution in [3.63, 3.8) is 0 Å². The average Bonchev–Trinajstić information content (AvgIpc) is 2.80. The summed E-state index contributed by atoms with van der Waals surface area (Å²) in [5.74, 6) is -0.664. The third-order valence-corrected chi connectivity index (χ3v) is 4.10. The number of aromatic nitrogens is 2. The van der Waals surface area contributed by atoms with E-state index in [0.29, 0.717) is 0 Å². The molecule has 0 unspecified atom stereocenters. The van der Waals surface area contributed by atoms with Gasteiger partial charge in [-0.1, -0.05) is 6.92 Å². The fraction of sp³-hybridized carbons (Fsp3) is 0.714. The summed E-state index contributed by atoms with van der Waals surface area (Å²) in [5.41, 5.74) is 0.681. The number of aliphatic carboxylic acids is 1. The standard InChI is InChI=1S/C14H23N3O2/c1-3-8-17-12(4-7-15-17)11-16-9-5-14(2,6-10-16)13(18)19/h4,7H,3,5-6,8-11H2,1-2H3,(H,18,19). The highest BCUT2D eigenvalue weighted by atomic mass is 16.4. The predicted molar refractivity (Wildman–Crippen MR) is 72.8 cm³/mol. The zero-order valence-electron chi connectivity index (χ0n) is 11.8. The molecule has 19 heavy (non-hydrogen) atoms. The number of rotatable bonds is 5. The summed E-state index contributed by atoms with van der Waals surface area (Å²) >= 11 is 0. The van der Waals surface area contributed by atoms with Crippen molar-refractivity contribution in [3.05, 3.63) is 18.0 Å². The molecule has 0 radical (unpaired) electrons. The summed E-state index contributed by atoms with van der Waals surface area (Å²) in [4.78, 5) is 13.5. The van der Waals surface area contributed by atoms with Crippen molar-refractivity contribution in [1.29, 1.82) is 0 Å². The molecule has 0 amide bonds. The van der Waals surface area contributed by atoms with Crippen molar-refractivity contribution in [2.45, 2.75) is 46.2 Å². The molecule has 1 aliphatic rings. The Morgan fingerprint density at radius 1 is 1.47 bits per heavy atom. The first-order valence-corrected chi connectivity index (χ1v) is 7.01. The van der Waals surface area contributed by atoms with Crippen LogP contribution in [0.4, 0.5) is 0 Å². The molecule has 2 rings (SSSR count). The molecule has 1 N–H and O–H groups in total. The molecule has 106 valence electrons. The zero-order chi connectivity index (χ0) is 13.9. The van der Waals surface area contributed by atoms with E-state index in [9.17, 15) is 9.90 Å². The minimum absolute atomic E-state index is 0.542. The van der Waals surface area contributed by atoms with E-state index in [0.717, 1.165) is 45.4 Å². The van der Waals surface area contributed by atoms with Crippen LogP contribution in [-0.4, -0.2) is 38.8 Å². The van der Waals surface area contributed by atoms with Crippen LogP contribution >= 0.6 is 0 Å². The van der Waals surface area contributed by atoms with Gasteiger partial charge in [-0.25, -0.2) is 0 Å². The van der Waals surface area contributed by atoms with Crippen LogP contribution in [0.5, 0.6) is 0 Å². The number of likely N-dealkylation sites (tertiary alicyclic amines) is 1. The van der Waals surface area contributed by atoms with E-state index in [1.54, 1.807) is 0 Å². The fourth-order valence-corrected chi connectivity index (χ4v) is 2.56. The van der Waals surface area contributed by atoms with Crippen molar-refractivity contribution in [2.75, 3.05) is 13.1 Å². The lowest BCUT2D eigenvalue weighted by Crippen LogP contribution is -2.42. The van der Waals surface area contributed by atoms with Gasteiger partial charge in [0.05, 0.1) is 11.1 Å². The van der Waals surface area contributed by atoms with Gasteiger partial charge in [0.1, 0.15) is 0 Å². The van der Waals surface area contributed by atoms with Gasteiger partial charge < -0.3 is 5.11 Å². The molecule has 0 bridgehead atoms.